The molecule has 1 N–H and O–H groups in total. The van der Waals surface area contributed by atoms with E-state index in [-0.39, 0.29) is 11.8 Å². The molecule has 1 aromatic heterocycles. The minimum atomic E-state index is -0.705. The van der Waals surface area contributed by atoms with Crippen molar-refractivity contribution >= 4 is 40.2 Å². The Hall–Kier alpha value is -4.04. The van der Waals surface area contributed by atoms with Crippen LogP contribution >= 0.6 is 11.8 Å². The maximum Gasteiger partial charge on any atom is 0.254 e. The number of amides is 2. The summed E-state index contributed by atoms with van der Waals surface area (Å²) in [6, 6.07) is 20.5. The molecule has 2 unspecified atom stereocenters. The van der Waals surface area contributed by atoms with Crippen LogP contribution in [0.3, 0.4) is 0 Å². The van der Waals surface area contributed by atoms with Gasteiger partial charge in [-0.15, -0.1) is 11.8 Å². The van der Waals surface area contributed by atoms with E-state index in [2.05, 4.69) is 10.3 Å². The monoisotopic (exact) mass is 513 g/mol. The average Bonchev–Trinajstić information content (AvgIpc) is 2.94. The van der Waals surface area contributed by atoms with Crippen molar-refractivity contribution in [2.75, 3.05) is 32.8 Å². The first kappa shape index (κ1) is 24.6. The number of anilines is 1. The number of aromatic nitrogens is 1. The lowest BCUT2D eigenvalue weighted by atomic mass is 9.79. The van der Waals surface area contributed by atoms with Gasteiger partial charge in [-0.05, 0) is 53.8 Å². The number of hydrogen-bond donors (Lipinski definition) is 1. The number of carbonyl (C=O) groups excluding carboxylic acids is 2. The van der Waals surface area contributed by atoms with Gasteiger partial charge in [0, 0.05) is 22.9 Å². The lowest BCUT2D eigenvalue weighted by Crippen LogP contribution is -2.44. The number of nitrogens with one attached hydrogen (secondary N) is 1. The Balaban J connectivity index is 1.63. The van der Waals surface area contributed by atoms with Crippen LogP contribution in [0, 0.1) is 0 Å². The molecule has 0 fully saturated rings. The SMILES string of the molecule is COc1cc2c(cc1OC)C(C(=O)Nc1cnc3ccccc3c1)C(c1ccc(SC)cc1)N(C)C2=O. The summed E-state index contributed by atoms with van der Waals surface area (Å²) in [5.74, 6) is -0.247. The van der Waals surface area contributed by atoms with Crippen molar-refractivity contribution in [1.82, 2.24) is 9.88 Å². The van der Waals surface area contributed by atoms with E-state index in [9.17, 15) is 9.59 Å². The van der Waals surface area contributed by atoms with Gasteiger partial charge in [-0.3, -0.25) is 14.6 Å². The topological polar surface area (TPSA) is 80.8 Å². The molecule has 2 heterocycles. The number of fused-ring (bicyclic) bond motifs is 2. The summed E-state index contributed by atoms with van der Waals surface area (Å²) >= 11 is 1.64. The van der Waals surface area contributed by atoms with Gasteiger partial charge in [-0.25, -0.2) is 0 Å². The maximum absolute atomic E-state index is 14.0. The number of rotatable bonds is 6. The normalized spacial score (nSPS) is 16.9. The van der Waals surface area contributed by atoms with Gasteiger partial charge in [-0.2, -0.15) is 0 Å². The predicted octanol–water partition coefficient (Wildman–Crippen LogP) is 5.52. The standard InChI is InChI=1S/C29H27N3O4S/c1-32-27(17-9-11-20(37-4)12-10-17)26(21-14-24(35-2)25(36-3)15-22(21)29(32)34)28(33)31-19-13-18-7-5-6-8-23(18)30-16-19/h5-16,26-27H,1-4H3,(H,31,33). The van der Waals surface area contributed by atoms with Crippen molar-refractivity contribution < 1.29 is 19.1 Å². The number of ether oxygens (including phenoxy) is 2. The van der Waals surface area contributed by atoms with E-state index >= 15 is 0 Å². The molecule has 188 valence electrons. The van der Waals surface area contributed by atoms with Crippen LogP contribution < -0.4 is 14.8 Å². The van der Waals surface area contributed by atoms with Crippen LogP contribution in [0.5, 0.6) is 11.5 Å². The molecule has 1 aliphatic rings. The van der Waals surface area contributed by atoms with Gasteiger partial charge in [0.25, 0.3) is 5.91 Å². The summed E-state index contributed by atoms with van der Waals surface area (Å²) < 4.78 is 11.0. The first-order chi connectivity index (χ1) is 17.9. The van der Waals surface area contributed by atoms with E-state index in [0.29, 0.717) is 28.3 Å². The Bertz CT molecular complexity index is 1490. The molecule has 0 aliphatic carbocycles. The van der Waals surface area contributed by atoms with Crippen molar-refractivity contribution in [2.24, 2.45) is 0 Å². The lowest BCUT2D eigenvalue weighted by molar-refractivity contribution is -0.119. The Kier molecular flexibility index (Phi) is 6.76. The third kappa shape index (κ3) is 4.49. The third-order valence-corrected chi connectivity index (χ3v) is 7.52. The van der Waals surface area contributed by atoms with Gasteiger partial charge in [-0.1, -0.05) is 30.3 Å². The minimum absolute atomic E-state index is 0.189. The van der Waals surface area contributed by atoms with Crippen LogP contribution in [0.25, 0.3) is 10.9 Å². The summed E-state index contributed by atoms with van der Waals surface area (Å²) in [6.45, 7) is 0. The molecule has 2 amide bonds. The number of benzene rings is 3. The van der Waals surface area contributed by atoms with Gasteiger partial charge < -0.3 is 19.7 Å². The van der Waals surface area contributed by atoms with Crippen LogP contribution in [0.2, 0.25) is 0 Å². The van der Waals surface area contributed by atoms with Gasteiger partial charge in [0.05, 0.1) is 43.6 Å². The fourth-order valence-corrected chi connectivity index (χ4v) is 5.32. The molecule has 7 nitrogen and oxygen atoms in total. The molecule has 4 aromatic rings. The van der Waals surface area contributed by atoms with E-state index < -0.39 is 12.0 Å². The molecule has 0 saturated heterocycles. The fourth-order valence-electron chi connectivity index (χ4n) is 4.91. The number of nitrogens with zero attached hydrogens (tertiary/aromatic N) is 2. The fraction of sp³-hybridized carbons (Fsp3) is 0.207. The first-order valence-electron chi connectivity index (χ1n) is 11.8. The highest BCUT2D eigenvalue weighted by atomic mass is 32.2. The van der Waals surface area contributed by atoms with Crippen molar-refractivity contribution in [3.8, 4) is 11.5 Å². The van der Waals surface area contributed by atoms with Crippen molar-refractivity contribution in [1.29, 1.82) is 0 Å². The number of likely N-dealkylation sites (N-methyl/N-ethyl adjacent to an activating group) is 1. The Labute approximate surface area is 219 Å². The lowest BCUT2D eigenvalue weighted by Gasteiger charge is -2.40. The van der Waals surface area contributed by atoms with E-state index in [1.54, 1.807) is 42.0 Å². The summed E-state index contributed by atoms with van der Waals surface area (Å²) in [7, 11) is 4.79. The van der Waals surface area contributed by atoms with E-state index in [0.717, 1.165) is 21.4 Å². The number of pyridine rings is 1. The van der Waals surface area contributed by atoms with Crippen LogP contribution in [-0.4, -0.2) is 49.2 Å². The van der Waals surface area contributed by atoms with Gasteiger partial charge in [0.2, 0.25) is 5.91 Å². The zero-order valence-electron chi connectivity index (χ0n) is 21.0. The molecule has 1 aliphatic heterocycles. The second kappa shape index (κ2) is 10.1. The summed E-state index contributed by atoms with van der Waals surface area (Å²) in [6.07, 6.45) is 3.66. The molecular formula is C29H27N3O4S. The van der Waals surface area contributed by atoms with E-state index in [1.165, 1.54) is 14.2 Å². The molecule has 0 saturated carbocycles. The average molecular weight is 514 g/mol. The number of thioether (sulfide) groups is 1. The van der Waals surface area contributed by atoms with E-state index in [1.807, 2.05) is 60.9 Å². The predicted molar refractivity (Wildman–Crippen MR) is 146 cm³/mol. The highest BCUT2D eigenvalue weighted by Crippen LogP contribution is 2.46. The highest BCUT2D eigenvalue weighted by Gasteiger charge is 2.43. The Morgan fingerprint density at radius 3 is 2.41 bits per heavy atom. The molecule has 5 rings (SSSR count). The summed E-state index contributed by atoms with van der Waals surface area (Å²) in [5.41, 5.74) is 3.30. The smallest absolute Gasteiger partial charge is 0.254 e. The molecule has 8 heteroatoms. The van der Waals surface area contributed by atoms with E-state index in [4.69, 9.17) is 9.47 Å². The molecule has 3 aromatic carbocycles. The number of para-hydroxylation sites is 1. The summed E-state index contributed by atoms with van der Waals surface area (Å²) in [4.78, 5) is 34.8. The van der Waals surface area contributed by atoms with Crippen molar-refractivity contribution in [3.05, 3.63) is 89.6 Å². The van der Waals surface area contributed by atoms with Gasteiger partial charge >= 0.3 is 0 Å². The molecule has 0 bridgehead atoms. The second-order valence-corrected chi connectivity index (χ2v) is 9.69. The molecule has 0 radical (unpaired) electrons. The Morgan fingerprint density at radius 2 is 1.70 bits per heavy atom. The first-order valence-corrected chi connectivity index (χ1v) is 13.0. The molecule has 0 spiro atoms. The zero-order chi connectivity index (χ0) is 26.1. The molecular weight excluding hydrogens is 486 g/mol. The molecule has 2 atom stereocenters. The van der Waals surface area contributed by atoms with Gasteiger partial charge in [0.1, 0.15) is 0 Å². The summed E-state index contributed by atoms with van der Waals surface area (Å²) in [5, 5.41) is 3.98. The Morgan fingerprint density at radius 1 is 1.00 bits per heavy atom. The van der Waals surface area contributed by atoms with Crippen LogP contribution in [0.1, 0.15) is 33.4 Å². The van der Waals surface area contributed by atoms with Crippen LogP contribution in [0.4, 0.5) is 5.69 Å². The van der Waals surface area contributed by atoms with Crippen molar-refractivity contribution in [3.63, 3.8) is 0 Å². The number of hydrogen-bond acceptors (Lipinski definition) is 6. The van der Waals surface area contributed by atoms with Gasteiger partial charge in [0.15, 0.2) is 11.5 Å². The van der Waals surface area contributed by atoms with Crippen LogP contribution in [-0.2, 0) is 4.79 Å². The highest BCUT2D eigenvalue weighted by molar-refractivity contribution is 7.98. The second-order valence-electron chi connectivity index (χ2n) is 8.81. The van der Waals surface area contributed by atoms with Crippen LogP contribution in [0.15, 0.2) is 77.8 Å². The number of methoxy groups -OCH3 is 2. The molecule has 37 heavy (non-hydrogen) atoms. The quantitative estimate of drug-likeness (QED) is 0.342. The van der Waals surface area contributed by atoms with Crippen molar-refractivity contribution in [2.45, 2.75) is 16.9 Å². The minimum Gasteiger partial charge on any atom is -0.493 e. The maximum atomic E-state index is 14.0. The third-order valence-electron chi connectivity index (χ3n) is 6.77. The largest absolute Gasteiger partial charge is 0.493 e. The number of carbonyl (C=O) groups is 2. The zero-order valence-corrected chi connectivity index (χ0v) is 21.8.